The average molecular weight is 527 g/mol. The Morgan fingerprint density at radius 1 is 1.03 bits per heavy atom. The van der Waals surface area contributed by atoms with E-state index in [-0.39, 0.29) is 29.7 Å². The molecule has 1 heterocycles. The van der Waals surface area contributed by atoms with Crippen molar-refractivity contribution in [2.75, 3.05) is 0 Å². The van der Waals surface area contributed by atoms with E-state index in [1.807, 2.05) is 0 Å². The molecule has 2 aromatic carbocycles. The van der Waals surface area contributed by atoms with Crippen LogP contribution in [0.3, 0.4) is 0 Å². The number of halogens is 3. The first-order valence-electron chi connectivity index (χ1n) is 12.0. The lowest BCUT2D eigenvalue weighted by atomic mass is 10.0. The summed E-state index contributed by atoms with van der Waals surface area (Å²) in [7, 11) is 0. The summed E-state index contributed by atoms with van der Waals surface area (Å²) >= 11 is 0. The van der Waals surface area contributed by atoms with Crippen molar-refractivity contribution in [3.8, 4) is 0 Å². The van der Waals surface area contributed by atoms with Crippen LogP contribution in [0.15, 0.2) is 65.6 Å². The number of pyridine rings is 1. The molecular formula is C28H25F3N2O5. The first-order valence-corrected chi connectivity index (χ1v) is 12.0. The second-order valence-corrected chi connectivity index (χ2v) is 9.14. The van der Waals surface area contributed by atoms with Crippen molar-refractivity contribution >= 4 is 17.4 Å². The Labute approximate surface area is 215 Å². The third-order valence-electron chi connectivity index (χ3n) is 6.45. The van der Waals surface area contributed by atoms with Gasteiger partial charge in [0.05, 0.1) is 24.3 Å². The number of carbonyl (C=O) groups is 2. The van der Waals surface area contributed by atoms with Gasteiger partial charge < -0.3 is 20.1 Å². The lowest BCUT2D eigenvalue weighted by Gasteiger charge is -2.15. The molecule has 1 saturated carbocycles. The van der Waals surface area contributed by atoms with Crippen LogP contribution in [0.2, 0.25) is 0 Å². The Balaban J connectivity index is 1.70. The van der Waals surface area contributed by atoms with Gasteiger partial charge in [0.1, 0.15) is 23.2 Å². The Hall–Kier alpha value is -4.18. The van der Waals surface area contributed by atoms with Crippen molar-refractivity contribution < 1.29 is 33.0 Å². The van der Waals surface area contributed by atoms with E-state index in [9.17, 15) is 37.8 Å². The van der Waals surface area contributed by atoms with E-state index in [0.717, 1.165) is 22.8 Å². The standard InChI is InChI=1S/C28H25F3N2O5/c29-20-6-2-1-5-17(20)15-33-14-16(11-18-21(30)7-3-8-22(18)31)12-19(28(33)38)25(35)13-26(36)27(37)32-23-9-4-10-24(23)34/h1-3,5-8,12-14,23-24,34-35H,4,9-11,15H2,(H,32,37)/t23-,24-/m0/s1. The zero-order valence-corrected chi connectivity index (χ0v) is 20.2. The molecule has 3 N–H and O–H groups in total. The van der Waals surface area contributed by atoms with Gasteiger partial charge in [0.25, 0.3) is 11.5 Å². The summed E-state index contributed by atoms with van der Waals surface area (Å²) in [6.07, 6.45) is 2.40. The fraction of sp³-hybridized carbons (Fsp3) is 0.250. The number of hydrogen-bond acceptors (Lipinski definition) is 5. The number of aromatic nitrogens is 1. The third-order valence-corrected chi connectivity index (χ3v) is 6.45. The third kappa shape index (κ3) is 6.03. The van der Waals surface area contributed by atoms with Gasteiger partial charge in [0, 0.05) is 29.8 Å². The highest BCUT2D eigenvalue weighted by molar-refractivity contribution is 6.41. The van der Waals surface area contributed by atoms with Crippen molar-refractivity contribution in [3.05, 3.63) is 111 Å². The smallest absolute Gasteiger partial charge is 0.292 e. The number of amides is 1. The Kier molecular flexibility index (Phi) is 8.11. The van der Waals surface area contributed by atoms with Crippen molar-refractivity contribution in [2.45, 2.75) is 44.4 Å². The number of ketones is 1. The molecule has 2 atom stereocenters. The molecule has 38 heavy (non-hydrogen) atoms. The van der Waals surface area contributed by atoms with Crippen LogP contribution in [-0.2, 0) is 22.6 Å². The minimum absolute atomic E-state index is 0.142. The minimum Gasteiger partial charge on any atom is -0.507 e. The fourth-order valence-electron chi connectivity index (χ4n) is 4.43. The number of aliphatic hydroxyl groups excluding tert-OH is 2. The van der Waals surface area contributed by atoms with Crippen LogP contribution in [0.25, 0.3) is 5.76 Å². The molecule has 7 nitrogen and oxygen atoms in total. The molecule has 1 amide bonds. The number of nitrogens with zero attached hydrogens (tertiary/aromatic N) is 1. The SMILES string of the molecule is O=C(C=C(O)c1cc(Cc2c(F)cccc2F)cn(Cc2ccccc2F)c1=O)C(=O)N[C@H]1CCC[C@@H]1O. The maximum Gasteiger partial charge on any atom is 0.292 e. The monoisotopic (exact) mass is 526 g/mol. The van der Waals surface area contributed by atoms with Gasteiger partial charge in [0.15, 0.2) is 0 Å². The molecule has 198 valence electrons. The second kappa shape index (κ2) is 11.5. The van der Waals surface area contributed by atoms with E-state index in [2.05, 4.69) is 5.32 Å². The lowest BCUT2D eigenvalue weighted by molar-refractivity contribution is -0.136. The second-order valence-electron chi connectivity index (χ2n) is 9.14. The van der Waals surface area contributed by atoms with Crippen molar-refractivity contribution in [3.63, 3.8) is 0 Å². The topological polar surface area (TPSA) is 109 Å². The van der Waals surface area contributed by atoms with E-state index in [1.165, 1.54) is 30.5 Å². The normalized spacial score (nSPS) is 17.4. The molecule has 0 aliphatic heterocycles. The maximum atomic E-state index is 14.3. The Morgan fingerprint density at radius 3 is 2.37 bits per heavy atom. The lowest BCUT2D eigenvalue weighted by Crippen LogP contribution is -2.42. The minimum atomic E-state index is -1.16. The number of hydrogen-bond donors (Lipinski definition) is 3. The van der Waals surface area contributed by atoms with Gasteiger partial charge in [-0.15, -0.1) is 0 Å². The molecule has 1 aliphatic rings. The van der Waals surface area contributed by atoms with Gasteiger partial charge in [-0.3, -0.25) is 14.4 Å². The summed E-state index contributed by atoms with van der Waals surface area (Å²) in [4.78, 5) is 37.9. The molecule has 3 aromatic rings. The highest BCUT2D eigenvalue weighted by Crippen LogP contribution is 2.20. The molecule has 10 heteroatoms. The molecule has 0 radical (unpaired) electrons. The van der Waals surface area contributed by atoms with Crippen LogP contribution < -0.4 is 10.9 Å². The first kappa shape index (κ1) is 26.9. The van der Waals surface area contributed by atoms with Crippen LogP contribution in [0, 0.1) is 17.5 Å². The molecule has 0 bridgehead atoms. The van der Waals surface area contributed by atoms with Crippen molar-refractivity contribution in [2.24, 2.45) is 0 Å². The number of carbonyl (C=O) groups excluding carboxylic acids is 2. The van der Waals surface area contributed by atoms with Gasteiger partial charge in [-0.1, -0.05) is 24.3 Å². The number of aliphatic hydroxyl groups is 2. The van der Waals surface area contributed by atoms with Gasteiger partial charge in [0.2, 0.25) is 5.78 Å². The van der Waals surface area contributed by atoms with E-state index < -0.39 is 58.2 Å². The maximum absolute atomic E-state index is 14.3. The van der Waals surface area contributed by atoms with Gasteiger partial charge in [-0.05, 0) is 49.1 Å². The molecule has 0 spiro atoms. The average Bonchev–Trinajstić information content (AvgIpc) is 3.28. The number of benzene rings is 2. The molecule has 1 aliphatic carbocycles. The molecular weight excluding hydrogens is 501 g/mol. The summed E-state index contributed by atoms with van der Waals surface area (Å²) in [5.74, 6) is -5.31. The largest absolute Gasteiger partial charge is 0.507 e. The van der Waals surface area contributed by atoms with Crippen LogP contribution in [0.1, 0.15) is 41.5 Å². The Bertz CT molecular complexity index is 1450. The highest BCUT2D eigenvalue weighted by atomic mass is 19.1. The summed E-state index contributed by atoms with van der Waals surface area (Å²) in [5.41, 5.74) is -1.20. The van der Waals surface area contributed by atoms with E-state index >= 15 is 0 Å². The van der Waals surface area contributed by atoms with Crippen molar-refractivity contribution in [1.29, 1.82) is 0 Å². The Morgan fingerprint density at radius 2 is 1.71 bits per heavy atom. The van der Waals surface area contributed by atoms with Gasteiger partial charge >= 0.3 is 0 Å². The van der Waals surface area contributed by atoms with Crippen LogP contribution in [0.5, 0.6) is 0 Å². The fourth-order valence-corrected chi connectivity index (χ4v) is 4.43. The van der Waals surface area contributed by atoms with Gasteiger partial charge in [-0.2, -0.15) is 0 Å². The van der Waals surface area contributed by atoms with Crippen LogP contribution >= 0.6 is 0 Å². The zero-order valence-electron chi connectivity index (χ0n) is 20.2. The summed E-state index contributed by atoms with van der Waals surface area (Å²) in [5, 5.41) is 22.9. The molecule has 1 fully saturated rings. The first-order chi connectivity index (χ1) is 18.1. The van der Waals surface area contributed by atoms with E-state index in [1.54, 1.807) is 6.07 Å². The number of nitrogens with one attached hydrogen (secondary N) is 1. The quantitative estimate of drug-likeness (QED) is 0.237. The number of rotatable bonds is 8. The molecule has 4 rings (SSSR count). The van der Waals surface area contributed by atoms with E-state index in [0.29, 0.717) is 25.3 Å². The molecule has 1 aromatic heterocycles. The predicted octanol–water partition coefficient (Wildman–Crippen LogP) is 3.40. The molecule has 0 saturated heterocycles. The van der Waals surface area contributed by atoms with Crippen LogP contribution in [-0.4, -0.2) is 38.6 Å². The predicted molar refractivity (Wildman–Crippen MR) is 133 cm³/mol. The summed E-state index contributed by atoms with van der Waals surface area (Å²) in [6, 6.07) is 9.60. The van der Waals surface area contributed by atoms with E-state index in [4.69, 9.17) is 0 Å². The van der Waals surface area contributed by atoms with Gasteiger partial charge in [-0.25, -0.2) is 13.2 Å². The zero-order chi connectivity index (χ0) is 27.4. The summed E-state index contributed by atoms with van der Waals surface area (Å²) < 4.78 is 43.9. The van der Waals surface area contributed by atoms with Crippen molar-refractivity contribution in [1.82, 2.24) is 9.88 Å². The summed E-state index contributed by atoms with van der Waals surface area (Å²) in [6.45, 7) is -0.270. The van der Waals surface area contributed by atoms with Crippen LogP contribution in [0.4, 0.5) is 13.2 Å². The highest BCUT2D eigenvalue weighted by Gasteiger charge is 2.28. The molecule has 0 unspecified atom stereocenters.